The number of aliphatic imine (C=N–C) groups is 1. The molecule has 0 bridgehead atoms. The van der Waals surface area contributed by atoms with Crippen LogP contribution in [-0.4, -0.2) is 18.5 Å². The van der Waals surface area contributed by atoms with Crippen molar-refractivity contribution in [1.82, 2.24) is 0 Å². The van der Waals surface area contributed by atoms with E-state index < -0.39 is 0 Å². The van der Waals surface area contributed by atoms with Crippen molar-refractivity contribution in [3.63, 3.8) is 0 Å². The number of carbonyl (C=O) groups excluding carboxylic acids is 1. The molecule has 0 saturated carbocycles. The minimum atomic E-state index is 0.00181. The summed E-state index contributed by atoms with van der Waals surface area (Å²) in [6.45, 7) is 0. The standard InChI is InChI=1S/C16H15NO/c1-17-15(12-13-8-4-2-5-9-13)16(18)14-10-6-3-7-11-14/h2-11H,12H2,1H3. The zero-order valence-electron chi connectivity index (χ0n) is 10.3. The van der Waals surface area contributed by atoms with E-state index in [-0.39, 0.29) is 5.78 Å². The van der Waals surface area contributed by atoms with Crippen LogP contribution in [0, 0.1) is 0 Å². The molecule has 0 aliphatic carbocycles. The van der Waals surface area contributed by atoms with E-state index in [0.29, 0.717) is 17.7 Å². The van der Waals surface area contributed by atoms with Gasteiger partial charge in [-0.1, -0.05) is 60.7 Å². The topological polar surface area (TPSA) is 29.4 Å². The third-order valence-electron chi connectivity index (χ3n) is 2.78. The second-order valence-electron chi connectivity index (χ2n) is 4.03. The van der Waals surface area contributed by atoms with Crippen molar-refractivity contribution >= 4 is 11.5 Å². The van der Waals surface area contributed by atoms with E-state index in [1.807, 2.05) is 60.7 Å². The monoisotopic (exact) mass is 237 g/mol. The normalized spacial score (nSPS) is 11.3. The summed E-state index contributed by atoms with van der Waals surface area (Å²) in [5.74, 6) is 0.00181. The summed E-state index contributed by atoms with van der Waals surface area (Å²) in [6, 6.07) is 19.2. The lowest BCUT2D eigenvalue weighted by Gasteiger charge is -2.05. The molecule has 2 nitrogen and oxygen atoms in total. The molecule has 2 rings (SSSR count). The van der Waals surface area contributed by atoms with Gasteiger partial charge in [0.1, 0.15) is 0 Å². The van der Waals surface area contributed by atoms with E-state index >= 15 is 0 Å². The zero-order chi connectivity index (χ0) is 12.8. The van der Waals surface area contributed by atoms with Gasteiger partial charge in [0, 0.05) is 19.0 Å². The van der Waals surface area contributed by atoms with Crippen LogP contribution in [0.2, 0.25) is 0 Å². The van der Waals surface area contributed by atoms with Crippen LogP contribution in [0.15, 0.2) is 65.7 Å². The highest BCUT2D eigenvalue weighted by Gasteiger charge is 2.13. The van der Waals surface area contributed by atoms with Gasteiger partial charge in [-0.2, -0.15) is 0 Å². The largest absolute Gasteiger partial charge is 0.289 e. The molecule has 0 aliphatic heterocycles. The van der Waals surface area contributed by atoms with E-state index in [4.69, 9.17) is 0 Å². The summed E-state index contributed by atoms with van der Waals surface area (Å²) in [5, 5.41) is 0. The Morgan fingerprint density at radius 3 is 2.06 bits per heavy atom. The van der Waals surface area contributed by atoms with Gasteiger partial charge in [-0.3, -0.25) is 9.79 Å². The van der Waals surface area contributed by atoms with E-state index in [0.717, 1.165) is 5.56 Å². The number of carbonyl (C=O) groups is 1. The van der Waals surface area contributed by atoms with Crippen LogP contribution in [0.1, 0.15) is 15.9 Å². The first-order valence-corrected chi connectivity index (χ1v) is 5.90. The third kappa shape index (κ3) is 2.92. The molecule has 90 valence electrons. The van der Waals surface area contributed by atoms with Crippen molar-refractivity contribution in [3.05, 3.63) is 71.8 Å². The number of hydrogen-bond acceptors (Lipinski definition) is 2. The molecular weight excluding hydrogens is 222 g/mol. The Kier molecular flexibility index (Phi) is 4.02. The van der Waals surface area contributed by atoms with Gasteiger partial charge in [0.2, 0.25) is 5.78 Å². The van der Waals surface area contributed by atoms with E-state index in [9.17, 15) is 4.79 Å². The molecule has 0 atom stereocenters. The fraction of sp³-hybridized carbons (Fsp3) is 0.125. The van der Waals surface area contributed by atoms with Gasteiger partial charge in [-0.15, -0.1) is 0 Å². The third-order valence-corrected chi connectivity index (χ3v) is 2.78. The van der Waals surface area contributed by atoms with Crippen molar-refractivity contribution in [3.8, 4) is 0 Å². The minimum absolute atomic E-state index is 0.00181. The van der Waals surface area contributed by atoms with Crippen LogP contribution >= 0.6 is 0 Å². The van der Waals surface area contributed by atoms with Crippen molar-refractivity contribution < 1.29 is 4.79 Å². The molecule has 0 heterocycles. The number of Topliss-reactive ketones (excluding diaryl/α,β-unsaturated/α-hetero) is 1. The van der Waals surface area contributed by atoms with Crippen molar-refractivity contribution in [2.24, 2.45) is 4.99 Å². The maximum absolute atomic E-state index is 12.2. The van der Waals surface area contributed by atoms with Crippen LogP contribution in [0.5, 0.6) is 0 Å². The van der Waals surface area contributed by atoms with Crippen molar-refractivity contribution in [1.29, 1.82) is 0 Å². The highest BCUT2D eigenvalue weighted by atomic mass is 16.1. The number of rotatable bonds is 4. The molecular formula is C16H15NO. The summed E-state index contributed by atoms with van der Waals surface area (Å²) >= 11 is 0. The zero-order valence-corrected chi connectivity index (χ0v) is 10.3. The van der Waals surface area contributed by atoms with Crippen molar-refractivity contribution in [2.45, 2.75) is 6.42 Å². The Bertz CT molecular complexity index is 544. The van der Waals surface area contributed by atoms with Gasteiger partial charge in [-0.25, -0.2) is 0 Å². The van der Waals surface area contributed by atoms with Crippen LogP contribution in [-0.2, 0) is 6.42 Å². The predicted molar refractivity (Wildman–Crippen MR) is 74.3 cm³/mol. The van der Waals surface area contributed by atoms with Gasteiger partial charge in [0.05, 0.1) is 5.71 Å². The molecule has 2 aromatic carbocycles. The first-order valence-electron chi connectivity index (χ1n) is 5.90. The molecule has 2 aromatic rings. The lowest BCUT2D eigenvalue weighted by molar-refractivity contribution is 0.106. The Labute approximate surface area is 107 Å². The molecule has 2 heteroatoms. The highest BCUT2D eigenvalue weighted by molar-refractivity contribution is 6.46. The van der Waals surface area contributed by atoms with Gasteiger partial charge in [0.15, 0.2) is 0 Å². The average molecular weight is 237 g/mol. The Hall–Kier alpha value is -2.22. The maximum atomic E-state index is 12.2. The number of benzene rings is 2. The van der Waals surface area contributed by atoms with E-state index in [2.05, 4.69) is 4.99 Å². The second-order valence-corrected chi connectivity index (χ2v) is 4.03. The van der Waals surface area contributed by atoms with Gasteiger partial charge in [0.25, 0.3) is 0 Å². The molecule has 0 saturated heterocycles. The highest BCUT2D eigenvalue weighted by Crippen LogP contribution is 2.07. The Morgan fingerprint density at radius 1 is 0.944 bits per heavy atom. The molecule has 0 N–H and O–H groups in total. The summed E-state index contributed by atoms with van der Waals surface area (Å²) in [4.78, 5) is 16.4. The van der Waals surface area contributed by atoms with E-state index in [1.165, 1.54) is 0 Å². The summed E-state index contributed by atoms with van der Waals surface area (Å²) in [7, 11) is 1.67. The molecule has 0 fully saturated rings. The van der Waals surface area contributed by atoms with Crippen LogP contribution < -0.4 is 0 Å². The number of nitrogens with zero attached hydrogens (tertiary/aromatic N) is 1. The Balaban J connectivity index is 2.18. The first-order chi connectivity index (χ1) is 8.81. The summed E-state index contributed by atoms with van der Waals surface area (Å²) < 4.78 is 0. The minimum Gasteiger partial charge on any atom is -0.289 e. The van der Waals surface area contributed by atoms with Crippen LogP contribution in [0.4, 0.5) is 0 Å². The molecule has 0 aliphatic rings. The van der Waals surface area contributed by atoms with Gasteiger partial charge in [-0.05, 0) is 5.56 Å². The second kappa shape index (κ2) is 5.92. The van der Waals surface area contributed by atoms with Crippen molar-refractivity contribution in [2.75, 3.05) is 7.05 Å². The molecule has 0 spiro atoms. The van der Waals surface area contributed by atoms with Gasteiger partial charge < -0.3 is 0 Å². The fourth-order valence-electron chi connectivity index (χ4n) is 1.81. The summed E-state index contributed by atoms with van der Waals surface area (Å²) in [6.07, 6.45) is 0.574. The lowest BCUT2D eigenvalue weighted by Crippen LogP contribution is -2.17. The first kappa shape index (κ1) is 12.2. The fourth-order valence-corrected chi connectivity index (χ4v) is 1.81. The quantitative estimate of drug-likeness (QED) is 0.593. The predicted octanol–water partition coefficient (Wildman–Crippen LogP) is 3.18. The van der Waals surface area contributed by atoms with Crippen LogP contribution in [0.3, 0.4) is 0 Å². The maximum Gasteiger partial charge on any atom is 0.207 e. The molecule has 0 amide bonds. The number of hydrogen-bond donors (Lipinski definition) is 0. The Morgan fingerprint density at radius 2 is 1.50 bits per heavy atom. The number of ketones is 1. The lowest BCUT2D eigenvalue weighted by atomic mass is 10.0. The summed E-state index contributed by atoms with van der Waals surface area (Å²) in [5.41, 5.74) is 2.38. The SMILES string of the molecule is CN=C(Cc1ccccc1)C(=O)c1ccccc1. The molecule has 0 radical (unpaired) electrons. The molecule has 0 aromatic heterocycles. The van der Waals surface area contributed by atoms with Crippen LogP contribution in [0.25, 0.3) is 0 Å². The smallest absolute Gasteiger partial charge is 0.207 e. The van der Waals surface area contributed by atoms with E-state index in [1.54, 1.807) is 7.05 Å². The molecule has 18 heavy (non-hydrogen) atoms. The van der Waals surface area contributed by atoms with Gasteiger partial charge >= 0.3 is 0 Å². The average Bonchev–Trinajstić information content (AvgIpc) is 2.46. The molecule has 0 unspecified atom stereocenters.